The number of carbonyl (C=O) groups is 1. The molecular weight excluding hydrogens is 336 g/mol. The molecule has 0 unspecified atom stereocenters. The van der Waals surface area contributed by atoms with Gasteiger partial charge in [-0.3, -0.25) is 0 Å². The molecule has 2 aromatic carbocycles. The molecular formula is C20H21ClN2O2. The van der Waals surface area contributed by atoms with Crippen LogP contribution in [0.25, 0.3) is 10.9 Å². The number of benzene rings is 2. The van der Waals surface area contributed by atoms with Gasteiger partial charge in [-0.2, -0.15) is 0 Å². The molecule has 0 radical (unpaired) electrons. The van der Waals surface area contributed by atoms with Gasteiger partial charge in [0.15, 0.2) is 0 Å². The minimum Gasteiger partial charge on any atom is -0.459 e. The van der Waals surface area contributed by atoms with Crippen LogP contribution < -0.4 is 5.32 Å². The normalized spacial score (nSPS) is 10.4. The molecule has 0 fully saturated rings. The fourth-order valence-corrected chi connectivity index (χ4v) is 2.53. The fraction of sp³-hybridized carbons (Fsp3) is 0.200. The van der Waals surface area contributed by atoms with Gasteiger partial charge in [-0.1, -0.05) is 18.2 Å². The molecule has 1 N–H and O–H groups in total. The Bertz CT molecular complexity index is 877. The Kier molecular flexibility index (Phi) is 5.99. The van der Waals surface area contributed by atoms with Crippen LogP contribution in [0.4, 0.5) is 11.5 Å². The minimum atomic E-state index is -0.309. The first-order valence-corrected chi connectivity index (χ1v) is 7.97. The summed E-state index contributed by atoms with van der Waals surface area (Å²) in [7, 11) is 0. The molecule has 0 atom stereocenters. The van der Waals surface area contributed by atoms with Crippen molar-refractivity contribution in [2.75, 3.05) is 5.32 Å². The Morgan fingerprint density at radius 2 is 1.76 bits per heavy atom. The summed E-state index contributed by atoms with van der Waals surface area (Å²) < 4.78 is 5.19. The van der Waals surface area contributed by atoms with Crippen LogP contribution in [0, 0.1) is 6.92 Å². The lowest BCUT2D eigenvalue weighted by molar-refractivity contribution is 0.0378. The van der Waals surface area contributed by atoms with E-state index in [4.69, 9.17) is 4.74 Å². The van der Waals surface area contributed by atoms with Gasteiger partial charge in [0.25, 0.3) is 0 Å². The van der Waals surface area contributed by atoms with E-state index >= 15 is 0 Å². The number of nitrogens with one attached hydrogen (secondary N) is 1. The Hall–Kier alpha value is -2.59. The second kappa shape index (κ2) is 7.99. The van der Waals surface area contributed by atoms with Crippen LogP contribution in [0.2, 0.25) is 0 Å². The number of pyridine rings is 1. The zero-order valence-electron chi connectivity index (χ0n) is 14.4. The number of ether oxygens (including phenoxy) is 1. The molecule has 0 amide bonds. The van der Waals surface area contributed by atoms with E-state index in [2.05, 4.69) is 23.3 Å². The highest BCUT2D eigenvalue weighted by Gasteiger charge is 2.09. The van der Waals surface area contributed by atoms with Crippen LogP contribution in [0.15, 0.2) is 54.6 Å². The monoisotopic (exact) mass is 356 g/mol. The number of halogens is 1. The lowest BCUT2D eigenvalue weighted by Crippen LogP contribution is -2.11. The highest BCUT2D eigenvalue weighted by molar-refractivity contribution is 5.90. The van der Waals surface area contributed by atoms with E-state index in [0.717, 1.165) is 22.4 Å². The summed E-state index contributed by atoms with van der Waals surface area (Å²) in [5, 5.41) is 4.43. The lowest BCUT2D eigenvalue weighted by Gasteiger charge is -2.10. The van der Waals surface area contributed by atoms with Gasteiger partial charge < -0.3 is 10.1 Å². The number of esters is 1. The van der Waals surface area contributed by atoms with E-state index in [-0.39, 0.29) is 24.5 Å². The molecule has 3 rings (SSSR count). The van der Waals surface area contributed by atoms with E-state index in [1.807, 2.05) is 50.2 Å². The average Bonchev–Trinajstić information content (AvgIpc) is 2.55. The molecule has 0 saturated carbocycles. The summed E-state index contributed by atoms with van der Waals surface area (Å²) >= 11 is 0. The van der Waals surface area contributed by atoms with Crippen molar-refractivity contribution >= 4 is 40.8 Å². The van der Waals surface area contributed by atoms with Crippen molar-refractivity contribution in [3.63, 3.8) is 0 Å². The van der Waals surface area contributed by atoms with Gasteiger partial charge in [-0.15, -0.1) is 12.4 Å². The Morgan fingerprint density at radius 3 is 2.44 bits per heavy atom. The van der Waals surface area contributed by atoms with Crippen LogP contribution in [-0.2, 0) is 4.74 Å². The standard InChI is InChI=1S/C20H20N2O2.ClH/c1-13(2)24-20(23)15-8-10-16(11-9-15)21-19-12-14(3)17-6-4-5-7-18(17)22-19;/h4-13H,1-3H3,(H,21,22);1H. The van der Waals surface area contributed by atoms with Gasteiger partial charge in [-0.05, 0) is 62.7 Å². The van der Waals surface area contributed by atoms with Crippen molar-refractivity contribution in [1.29, 1.82) is 0 Å². The first-order valence-electron chi connectivity index (χ1n) is 7.97. The Morgan fingerprint density at radius 1 is 1.08 bits per heavy atom. The van der Waals surface area contributed by atoms with Crippen LogP contribution in [0.5, 0.6) is 0 Å². The predicted octanol–water partition coefficient (Wildman–Crippen LogP) is 5.27. The van der Waals surface area contributed by atoms with Gasteiger partial charge in [0.2, 0.25) is 0 Å². The Labute approximate surface area is 153 Å². The number of nitrogens with zero attached hydrogens (tertiary/aromatic N) is 1. The molecule has 0 aliphatic heterocycles. The highest BCUT2D eigenvalue weighted by Crippen LogP contribution is 2.22. The lowest BCUT2D eigenvalue weighted by atomic mass is 10.1. The average molecular weight is 357 g/mol. The van der Waals surface area contributed by atoms with Crippen LogP contribution >= 0.6 is 12.4 Å². The molecule has 130 valence electrons. The first kappa shape index (κ1) is 18.7. The van der Waals surface area contributed by atoms with Crippen LogP contribution in [0.1, 0.15) is 29.8 Å². The maximum absolute atomic E-state index is 11.9. The molecule has 5 heteroatoms. The van der Waals surface area contributed by atoms with Crippen molar-refractivity contribution in [2.45, 2.75) is 26.9 Å². The van der Waals surface area contributed by atoms with Gasteiger partial charge >= 0.3 is 5.97 Å². The molecule has 1 aromatic heterocycles. The third-order valence-corrected chi connectivity index (χ3v) is 3.66. The third-order valence-electron chi connectivity index (χ3n) is 3.66. The van der Waals surface area contributed by atoms with Gasteiger partial charge in [0.1, 0.15) is 5.82 Å². The number of aromatic nitrogens is 1. The summed E-state index contributed by atoms with van der Waals surface area (Å²) in [6.07, 6.45) is -0.125. The topological polar surface area (TPSA) is 51.2 Å². The minimum absolute atomic E-state index is 0. The van der Waals surface area contributed by atoms with Crippen molar-refractivity contribution in [3.05, 3.63) is 65.7 Å². The summed E-state index contributed by atoms with van der Waals surface area (Å²) in [5.41, 5.74) is 3.53. The number of aryl methyl sites for hydroxylation is 1. The van der Waals surface area contributed by atoms with Crippen LogP contribution in [-0.4, -0.2) is 17.1 Å². The third kappa shape index (κ3) is 4.48. The van der Waals surface area contributed by atoms with Crippen molar-refractivity contribution in [3.8, 4) is 0 Å². The van der Waals surface area contributed by atoms with Crippen molar-refractivity contribution in [2.24, 2.45) is 0 Å². The second-order valence-electron chi connectivity index (χ2n) is 6.00. The Balaban J connectivity index is 0.00000225. The smallest absolute Gasteiger partial charge is 0.338 e. The zero-order valence-corrected chi connectivity index (χ0v) is 15.3. The van der Waals surface area contributed by atoms with E-state index < -0.39 is 0 Å². The summed E-state index contributed by atoms with van der Waals surface area (Å²) in [5.74, 6) is 0.472. The number of fused-ring (bicyclic) bond motifs is 1. The quantitative estimate of drug-likeness (QED) is 0.646. The van der Waals surface area contributed by atoms with Gasteiger partial charge in [0.05, 0.1) is 17.2 Å². The largest absolute Gasteiger partial charge is 0.459 e. The number of rotatable bonds is 4. The summed E-state index contributed by atoms with van der Waals surface area (Å²) in [6, 6.07) is 17.3. The van der Waals surface area contributed by atoms with E-state index in [1.165, 1.54) is 5.56 Å². The predicted molar refractivity (Wildman–Crippen MR) is 104 cm³/mol. The molecule has 0 saturated heterocycles. The van der Waals surface area contributed by atoms with Gasteiger partial charge in [0, 0.05) is 11.1 Å². The number of para-hydroxylation sites is 1. The maximum Gasteiger partial charge on any atom is 0.338 e. The zero-order chi connectivity index (χ0) is 17.1. The van der Waals surface area contributed by atoms with Gasteiger partial charge in [-0.25, -0.2) is 9.78 Å². The second-order valence-corrected chi connectivity index (χ2v) is 6.00. The number of carbonyl (C=O) groups excluding carboxylic acids is 1. The summed E-state index contributed by atoms with van der Waals surface area (Å²) in [4.78, 5) is 16.5. The molecule has 4 nitrogen and oxygen atoms in total. The SMILES string of the molecule is Cc1cc(Nc2ccc(C(=O)OC(C)C)cc2)nc2ccccc12.Cl. The highest BCUT2D eigenvalue weighted by atomic mass is 35.5. The molecule has 0 spiro atoms. The number of hydrogen-bond acceptors (Lipinski definition) is 4. The fourth-order valence-electron chi connectivity index (χ4n) is 2.53. The summed E-state index contributed by atoms with van der Waals surface area (Å²) in [6.45, 7) is 5.74. The van der Waals surface area contributed by atoms with Crippen LogP contribution in [0.3, 0.4) is 0 Å². The molecule has 25 heavy (non-hydrogen) atoms. The van der Waals surface area contributed by atoms with Crippen molar-refractivity contribution in [1.82, 2.24) is 4.98 Å². The van der Waals surface area contributed by atoms with E-state index in [1.54, 1.807) is 12.1 Å². The van der Waals surface area contributed by atoms with Crippen molar-refractivity contribution < 1.29 is 9.53 Å². The first-order chi connectivity index (χ1) is 11.5. The number of hydrogen-bond donors (Lipinski definition) is 1. The molecule has 1 heterocycles. The molecule has 0 bridgehead atoms. The molecule has 0 aliphatic rings. The van der Waals surface area contributed by atoms with E-state index in [0.29, 0.717) is 5.56 Å². The molecule has 0 aliphatic carbocycles. The number of anilines is 2. The molecule has 3 aromatic rings. The van der Waals surface area contributed by atoms with E-state index in [9.17, 15) is 4.79 Å². The maximum atomic E-state index is 11.9.